The van der Waals surface area contributed by atoms with Crippen molar-refractivity contribution in [3.05, 3.63) is 41.2 Å². The Labute approximate surface area is 180 Å². The van der Waals surface area contributed by atoms with E-state index < -0.39 is 0 Å². The van der Waals surface area contributed by atoms with Crippen molar-refractivity contribution in [3.8, 4) is 24.7 Å². The predicted molar refractivity (Wildman–Crippen MR) is 124 cm³/mol. The number of terminal acetylenes is 1. The number of benzene rings is 1. The van der Waals surface area contributed by atoms with Crippen molar-refractivity contribution in [2.45, 2.75) is 40.5 Å². The first-order chi connectivity index (χ1) is 14.0. The average molecular weight is 416 g/mol. The Morgan fingerprint density at radius 3 is 2.24 bits per heavy atom. The van der Waals surface area contributed by atoms with Crippen molar-refractivity contribution in [2.75, 3.05) is 24.7 Å². The van der Waals surface area contributed by atoms with Gasteiger partial charge < -0.3 is 15.3 Å². The minimum absolute atomic E-state index is 0.0305. The Kier molecular flexibility index (Phi) is 14.2. The van der Waals surface area contributed by atoms with E-state index in [0.717, 1.165) is 29.7 Å². The average Bonchev–Trinajstić information content (AvgIpc) is 3.53. The monoisotopic (exact) mass is 415 g/mol. The van der Waals surface area contributed by atoms with E-state index in [9.17, 15) is 0 Å². The Balaban J connectivity index is 0.000000977. The number of nitriles is 1. The second kappa shape index (κ2) is 15.5. The number of thioether (sulfide) groups is 1. The van der Waals surface area contributed by atoms with Crippen LogP contribution in [0.15, 0.2) is 29.6 Å². The van der Waals surface area contributed by atoms with Crippen LogP contribution in [0.1, 0.15) is 43.4 Å². The van der Waals surface area contributed by atoms with Gasteiger partial charge in [0.05, 0.1) is 24.8 Å². The lowest BCUT2D eigenvalue weighted by atomic mass is 10.0. The molecule has 29 heavy (non-hydrogen) atoms. The van der Waals surface area contributed by atoms with Crippen LogP contribution in [0.4, 0.5) is 0 Å². The Morgan fingerprint density at radius 2 is 1.86 bits per heavy atom. The van der Waals surface area contributed by atoms with Crippen LogP contribution in [-0.4, -0.2) is 35.5 Å². The highest BCUT2D eigenvalue weighted by atomic mass is 32.2. The molecule has 0 saturated heterocycles. The van der Waals surface area contributed by atoms with Crippen molar-refractivity contribution in [1.82, 2.24) is 5.43 Å². The second-order valence-corrected chi connectivity index (χ2v) is 7.82. The van der Waals surface area contributed by atoms with Crippen LogP contribution in [-0.2, 0) is 0 Å². The number of hydrogen-bond donors (Lipinski definition) is 2. The first-order valence-electron chi connectivity index (χ1n) is 9.69. The summed E-state index contributed by atoms with van der Waals surface area (Å²) in [5, 5.41) is 22.2. The summed E-state index contributed by atoms with van der Waals surface area (Å²) in [7, 11) is 0. The normalized spacial score (nSPS) is 12.4. The van der Waals surface area contributed by atoms with Gasteiger partial charge in [-0.05, 0) is 61.5 Å². The van der Waals surface area contributed by atoms with E-state index in [1.54, 1.807) is 0 Å². The fraction of sp³-hybridized carbons (Fsp3) is 0.478. The molecule has 0 unspecified atom stereocenters. The molecule has 1 saturated carbocycles. The lowest BCUT2D eigenvalue weighted by Crippen LogP contribution is -2.18. The minimum atomic E-state index is 0.0305. The van der Waals surface area contributed by atoms with Gasteiger partial charge in [0.15, 0.2) is 0 Å². The molecule has 0 spiro atoms. The maximum Gasteiger partial charge on any atom is 0.143 e. The topological polar surface area (TPSA) is 77.6 Å². The van der Waals surface area contributed by atoms with Crippen LogP contribution in [0.25, 0.3) is 0 Å². The van der Waals surface area contributed by atoms with E-state index >= 15 is 0 Å². The summed E-state index contributed by atoms with van der Waals surface area (Å²) in [6.45, 7) is 12.5. The maximum atomic E-state index is 9.11. The van der Waals surface area contributed by atoms with Crippen molar-refractivity contribution in [3.63, 3.8) is 0 Å². The molecule has 2 N–H and O–H groups in total. The van der Waals surface area contributed by atoms with Crippen LogP contribution in [0.5, 0.6) is 5.75 Å². The molecule has 1 fully saturated rings. The van der Waals surface area contributed by atoms with Crippen LogP contribution in [0, 0.1) is 43.9 Å². The van der Waals surface area contributed by atoms with E-state index in [2.05, 4.69) is 49.9 Å². The lowest BCUT2D eigenvalue weighted by Gasteiger charge is -2.13. The summed E-state index contributed by atoms with van der Waals surface area (Å²) in [5.74, 6) is 4.07. The number of allylic oxidation sites excluding steroid dienone is 1. The molecule has 6 heteroatoms. The predicted octanol–water partition coefficient (Wildman–Crippen LogP) is 4.42. The smallest absolute Gasteiger partial charge is 0.143 e. The molecule has 0 heterocycles. The Hall–Kier alpha value is -2.41. The molecule has 0 amide bonds. The number of aryl methyl sites for hydroxylation is 2. The molecule has 0 atom stereocenters. The summed E-state index contributed by atoms with van der Waals surface area (Å²) in [4.78, 5) is 0. The molecule has 5 nitrogen and oxygen atoms in total. The zero-order valence-electron chi connectivity index (χ0n) is 18.0. The quantitative estimate of drug-likeness (QED) is 0.205. The molecule has 0 radical (unpaired) electrons. The third kappa shape index (κ3) is 10.1. The van der Waals surface area contributed by atoms with Gasteiger partial charge in [-0.1, -0.05) is 20.4 Å². The van der Waals surface area contributed by atoms with E-state index in [-0.39, 0.29) is 6.61 Å². The van der Waals surface area contributed by atoms with Gasteiger partial charge in [-0.15, -0.1) is 12.8 Å². The number of ether oxygens (including phenoxy) is 1. The van der Waals surface area contributed by atoms with Crippen LogP contribution >= 0.6 is 11.8 Å². The van der Waals surface area contributed by atoms with E-state index in [1.807, 2.05) is 37.7 Å². The highest BCUT2D eigenvalue weighted by Crippen LogP contribution is 2.34. The van der Waals surface area contributed by atoms with Crippen molar-refractivity contribution >= 4 is 17.5 Å². The SMILES string of the molecule is C#C.C=C(Oc1cc(C)c(C#N)c(C)c1)/C(=N\NCCO)C1CC1.CCSCC. The van der Waals surface area contributed by atoms with E-state index in [4.69, 9.17) is 15.1 Å². The fourth-order valence-corrected chi connectivity index (χ4v) is 2.90. The van der Waals surface area contributed by atoms with Crippen molar-refractivity contribution in [1.29, 1.82) is 5.26 Å². The molecular formula is C23H33N3O2S. The molecule has 0 aliphatic heterocycles. The molecule has 158 valence electrons. The second-order valence-electron chi connectivity index (χ2n) is 6.25. The van der Waals surface area contributed by atoms with E-state index in [0.29, 0.717) is 29.5 Å². The molecule has 0 aromatic heterocycles. The largest absolute Gasteiger partial charge is 0.456 e. The highest BCUT2D eigenvalue weighted by Gasteiger charge is 2.30. The zero-order chi connectivity index (χ0) is 22.2. The van der Waals surface area contributed by atoms with E-state index in [1.165, 1.54) is 11.5 Å². The number of hydrogen-bond acceptors (Lipinski definition) is 6. The number of rotatable bonds is 9. The standard InChI is InChI=1S/C17H21N3O2.C4H10S.C2H2/c1-11-8-15(9-12(2)16(11)10-18)22-13(3)17(14-4-5-14)20-19-6-7-21;1-3-5-4-2;1-2/h8-9,14,19,21H,3-7H2,1-2H3;3-4H2,1-2H3;1-2H/b20-17+;;. The van der Waals surface area contributed by atoms with Crippen LogP contribution in [0.2, 0.25) is 0 Å². The third-order valence-electron chi connectivity index (χ3n) is 3.94. The van der Waals surface area contributed by atoms with Gasteiger partial charge in [0, 0.05) is 5.92 Å². The van der Waals surface area contributed by atoms with Crippen LogP contribution < -0.4 is 10.2 Å². The molecule has 1 aromatic carbocycles. The van der Waals surface area contributed by atoms with Crippen molar-refractivity contribution < 1.29 is 9.84 Å². The molecule has 2 rings (SSSR count). The Morgan fingerprint density at radius 1 is 1.31 bits per heavy atom. The summed E-state index contributed by atoms with van der Waals surface area (Å²) >= 11 is 1.96. The Bertz CT molecular complexity index is 706. The van der Waals surface area contributed by atoms with Gasteiger partial charge in [0.1, 0.15) is 17.2 Å². The fourth-order valence-electron chi connectivity index (χ4n) is 2.49. The number of aliphatic hydroxyl groups excluding tert-OH is 1. The van der Waals surface area contributed by atoms with Gasteiger partial charge in [-0.3, -0.25) is 0 Å². The summed E-state index contributed by atoms with van der Waals surface area (Å²) in [6.07, 6.45) is 10.2. The van der Waals surface area contributed by atoms with Gasteiger partial charge in [0.2, 0.25) is 0 Å². The van der Waals surface area contributed by atoms with Gasteiger partial charge in [-0.25, -0.2) is 0 Å². The minimum Gasteiger partial charge on any atom is -0.456 e. The number of nitrogens with one attached hydrogen (secondary N) is 1. The van der Waals surface area contributed by atoms with Gasteiger partial charge in [-0.2, -0.15) is 22.1 Å². The summed E-state index contributed by atoms with van der Waals surface area (Å²) in [6, 6.07) is 5.87. The highest BCUT2D eigenvalue weighted by molar-refractivity contribution is 7.99. The number of aliphatic hydroxyl groups is 1. The molecule has 1 aliphatic rings. The molecule has 1 aromatic rings. The summed E-state index contributed by atoms with van der Waals surface area (Å²) < 4.78 is 5.83. The third-order valence-corrected chi connectivity index (χ3v) is 4.76. The number of nitrogens with zero attached hydrogens (tertiary/aromatic N) is 2. The van der Waals surface area contributed by atoms with Gasteiger partial charge in [0.25, 0.3) is 0 Å². The molecule has 0 bridgehead atoms. The summed E-state index contributed by atoms with van der Waals surface area (Å²) in [5.41, 5.74) is 6.06. The van der Waals surface area contributed by atoms with Crippen molar-refractivity contribution in [2.24, 2.45) is 11.0 Å². The number of hydrazone groups is 1. The first-order valence-corrected chi connectivity index (χ1v) is 10.8. The van der Waals surface area contributed by atoms with Crippen LogP contribution in [0.3, 0.4) is 0 Å². The lowest BCUT2D eigenvalue weighted by molar-refractivity contribution is 0.293. The molecule has 1 aliphatic carbocycles. The first kappa shape index (κ1) is 26.6. The zero-order valence-corrected chi connectivity index (χ0v) is 18.8. The maximum absolute atomic E-state index is 9.11. The van der Waals surface area contributed by atoms with Gasteiger partial charge >= 0.3 is 0 Å². The molecular weight excluding hydrogens is 382 g/mol.